The van der Waals surface area contributed by atoms with E-state index in [1.807, 2.05) is 4.90 Å². The third-order valence-electron chi connectivity index (χ3n) is 3.97. The van der Waals surface area contributed by atoms with Crippen molar-refractivity contribution in [3.8, 4) is 0 Å². The van der Waals surface area contributed by atoms with Crippen LogP contribution in [0.15, 0.2) is 0 Å². The Morgan fingerprint density at radius 3 is 2.60 bits per heavy atom. The molecule has 2 N–H and O–H groups in total. The quantitative estimate of drug-likeness (QED) is 0.721. The van der Waals surface area contributed by atoms with Crippen LogP contribution in [0.5, 0.6) is 0 Å². The SMILES string of the molecule is COCCN(CCCN(C)C)C(=O)C1CCCC(N)C1. The number of hydrogen-bond donors (Lipinski definition) is 1. The van der Waals surface area contributed by atoms with Crippen LogP contribution in [-0.2, 0) is 9.53 Å². The third-order valence-corrected chi connectivity index (χ3v) is 3.97. The van der Waals surface area contributed by atoms with Gasteiger partial charge in [-0.15, -0.1) is 0 Å². The predicted molar refractivity (Wildman–Crippen MR) is 81.6 cm³/mol. The highest BCUT2D eigenvalue weighted by Crippen LogP contribution is 2.25. The Morgan fingerprint density at radius 1 is 1.25 bits per heavy atom. The zero-order valence-electron chi connectivity index (χ0n) is 13.3. The summed E-state index contributed by atoms with van der Waals surface area (Å²) in [7, 11) is 5.79. The molecule has 0 saturated heterocycles. The first-order valence-electron chi connectivity index (χ1n) is 7.72. The van der Waals surface area contributed by atoms with Crippen molar-refractivity contribution in [2.45, 2.75) is 38.1 Å². The molecule has 1 fully saturated rings. The van der Waals surface area contributed by atoms with E-state index in [0.717, 1.165) is 45.2 Å². The molecule has 118 valence electrons. The summed E-state index contributed by atoms with van der Waals surface area (Å²) in [6.45, 7) is 3.11. The topological polar surface area (TPSA) is 58.8 Å². The molecule has 2 unspecified atom stereocenters. The fourth-order valence-corrected chi connectivity index (χ4v) is 2.82. The average molecular weight is 285 g/mol. The van der Waals surface area contributed by atoms with Crippen LogP contribution < -0.4 is 5.73 Å². The summed E-state index contributed by atoms with van der Waals surface area (Å²) in [6, 6.07) is 0.198. The summed E-state index contributed by atoms with van der Waals surface area (Å²) in [4.78, 5) is 16.7. The lowest BCUT2D eigenvalue weighted by molar-refractivity contribution is -0.137. The smallest absolute Gasteiger partial charge is 0.225 e. The maximum atomic E-state index is 12.6. The summed E-state index contributed by atoms with van der Waals surface area (Å²) in [5, 5.41) is 0. The van der Waals surface area contributed by atoms with Crippen LogP contribution in [0, 0.1) is 5.92 Å². The van der Waals surface area contributed by atoms with Gasteiger partial charge in [0.1, 0.15) is 0 Å². The van der Waals surface area contributed by atoms with E-state index < -0.39 is 0 Å². The van der Waals surface area contributed by atoms with Crippen LogP contribution >= 0.6 is 0 Å². The number of nitrogens with two attached hydrogens (primary N) is 1. The fraction of sp³-hybridized carbons (Fsp3) is 0.933. The van der Waals surface area contributed by atoms with Gasteiger partial charge in [-0.05, 0) is 46.3 Å². The zero-order chi connectivity index (χ0) is 15.0. The molecule has 0 aliphatic heterocycles. The maximum absolute atomic E-state index is 12.6. The standard InChI is InChI=1S/C15H31N3O2/c1-17(2)8-5-9-18(10-11-20-3)15(19)13-6-4-7-14(16)12-13/h13-14H,4-12,16H2,1-3H3. The summed E-state index contributed by atoms with van der Waals surface area (Å²) >= 11 is 0. The molecular weight excluding hydrogens is 254 g/mol. The Bertz CT molecular complexity index is 284. The highest BCUT2D eigenvalue weighted by molar-refractivity contribution is 5.79. The monoisotopic (exact) mass is 285 g/mol. The Morgan fingerprint density at radius 2 is 2.00 bits per heavy atom. The van der Waals surface area contributed by atoms with Crippen molar-refractivity contribution in [2.24, 2.45) is 11.7 Å². The number of hydrogen-bond acceptors (Lipinski definition) is 4. The molecule has 0 aromatic heterocycles. The Kier molecular flexibility index (Phi) is 8.11. The molecule has 1 aliphatic rings. The van der Waals surface area contributed by atoms with Crippen LogP contribution in [0.1, 0.15) is 32.1 Å². The van der Waals surface area contributed by atoms with Crippen LogP contribution in [0.4, 0.5) is 0 Å². The molecule has 0 spiro atoms. The van der Waals surface area contributed by atoms with Crippen molar-refractivity contribution in [3.63, 3.8) is 0 Å². The lowest BCUT2D eigenvalue weighted by atomic mass is 9.85. The minimum atomic E-state index is 0.120. The minimum Gasteiger partial charge on any atom is -0.383 e. The first kappa shape index (κ1) is 17.4. The lowest BCUT2D eigenvalue weighted by Gasteiger charge is -2.31. The van der Waals surface area contributed by atoms with E-state index >= 15 is 0 Å². The Labute approximate surface area is 123 Å². The molecule has 0 heterocycles. The molecule has 20 heavy (non-hydrogen) atoms. The molecule has 5 heteroatoms. The van der Waals surface area contributed by atoms with Crippen molar-refractivity contribution in [1.29, 1.82) is 0 Å². The molecule has 2 atom stereocenters. The molecule has 1 rings (SSSR count). The van der Waals surface area contributed by atoms with Gasteiger partial charge in [0, 0.05) is 32.2 Å². The van der Waals surface area contributed by atoms with E-state index in [4.69, 9.17) is 10.5 Å². The number of carbonyl (C=O) groups excluding carboxylic acids is 1. The van der Waals surface area contributed by atoms with E-state index in [9.17, 15) is 4.79 Å². The average Bonchev–Trinajstić information content (AvgIpc) is 2.41. The first-order chi connectivity index (χ1) is 9.54. The molecule has 5 nitrogen and oxygen atoms in total. The fourth-order valence-electron chi connectivity index (χ4n) is 2.82. The number of amides is 1. The number of carbonyl (C=O) groups is 1. The van der Waals surface area contributed by atoms with Gasteiger partial charge in [-0.25, -0.2) is 0 Å². The Hall–Kier alpha value is -0.650. The first-order valence-corrected chi connectivity index (χ1v) is 7.72. The van der Waals surface area contributed by atoms with E-state index in [1.54, 1.807) is 7.11 Å². The molecular formula is C15H31N3O2. The molecule has 1 amide bonds. The summed E-state index contributed by atoms with van der Waals surface area (Å²) in [5.74, 6) is 0.394. The molecule has 1 aliphatic carbocycles. The van der Waals surface area contributed by atoms with Crippen molar-refractivity contribution in [2.75, 3.05) is 47.4 Å². The van der Waals surface area contributed by atoms with Crippen molar-refractivity contribution in [1.82, 2.24) is 9.80 Å². The number of nitrogens with zero attached hydrogens (tertiary/aromatic N) is 2. The van der Waals surface area contributed by atoms with Gasteiger partial charge in [0.25, 0.3) is 0 Å². The molecule has 0 aromatic carbocycles. The van der Waals surface area contributed by atoms with Crippen molar-refractivity contribution in [3.05, 3.63) is 0 Å². The predicted octanol–water partition coefficient (Wildman–Crippen LogP) is 0.931. The number of methoxy groups -OCH3 is 1. The van der Waals surface area contributed by atoms with Crippen molar-refractivity contribution < 1.29 is 9.53 Å². The second-order valence-electron chi connectivity index (χ2n) is 6.10. The van der Waals surface area contributed by atoms with E-state index in [2.05, 4.69) is 19.0 Å². The number of ether oxygens (including phenoxy) is 1. The molecule has 0 bridgehead atoms. The van der Waals surface area contributed by atoms with Crippen LogP contribution in [0.3, 0.4) is 0 Å². The van der Waals surface area contributed by atoms with Gasteiger partial charge in [0.05, 0.1) is 6.61 Å². The van der Waals surface area contributed by atoms with Gasteiger partial charge in [-0.3, -0.25) is 4.79 Å². The number of rotatable bonds is 8. The van der Waals surface area contributed by atoms with Crippen molar-refractivity contribution >= 4 is 5.91 Å². The van der Waals surface area contributed by atoms with Gasteiger partial charge in [-0.2, -0.15) is 0 Å². The van der Waals surface area contributed by atoms with Crippen LogP contribution in [-0.4, -0.2) is 69.2 Å². The molecule has 0 aromatic rings. The minimum absolute atomic E-state index is 0.120. The Balaban J connectivity index is 2.49. The second kappa shape index (κ2) is 9.32. The van der Waals surface area contributed by atoms with Gasteiger partial charge in [-0.1, -0.05) is 6.42 Å². The third kappa shape index (κ3) is 6.20. The van der Waals surface area contributed by atoms with Crippen LogP contribution in [0.25, 0.3) is 0 Å². The van der Waals surface area contributed by atoms with Gasteiger partial charge >= 0.3 is 0 Å². The van der Waals surface area contributed by atoms with Gasteiger partial charge in [0.15, 0.2) is 0 Å². The highest BCUT2D eigenvalue weighted by Gasteiger charge is 2.28. The molecule has 1 saturated carbocycles. The van der Waals surface area contributed by atoms with Gasteiger partial charge in [0.2, 0.25) is 5.91 Å². The summed E-state index contributed by atoms with van der Waals surface area (Å²) in [5.41, 5.74) is 6.00. The van der Waals surface area contributed by atoms with E-state index in [0.29, 0.717) is 13.2 Å². The summed E-state index contributed by atoms with van der Waals surface area (Å²) < 4.78 is 5.13. The largest absolute Gasteiger partial charge is 0.383 e. The lowest BCUT2D eigenvalue weighted by Crippen LogP contribution is -2.43. The van der Waals surface area contributed by atoms with E-state index in [-0.39, 0.29) is 17.9 Å². The molecule has 0 radical (unpaired) electrons. The zero-order valence-corrected chi connectivity index (χ0v) is 13.3. The highest BCUT2D eigenvalue weighted by atomic mass is 16.5. The maximum Gasteiger partial charge on any atom is 0.225 e. The summed E-state index contributed by atoms with van der Waals surface area (Å²) in [6.07, 6.45) is 4.97. The normalized spacial score (nSPS) is 23.1. The second-order valence-corrected chi connectivity index (χ2v) is 6.10. The van der Waals surface area contributed by atoms with Crippen LogP contribution in [0.2, 0.25) is 0 Å². The van der Waals surface area contributed by atoms with Gasteiger partial charge < -0.3 is 20.3 Å². The van der Waals surface area contributed by atoms with E-state index in [1.165, 1.54) is 0 Å².